The third-order valence-corrected chi connectivity index (χ3v) is 4.23. The molecule has 3 aromatic carbocycles. The third kappa shape index (κ3) is 5.36. The Bertz CT molecular complexity index is 1080. The Morgan fingerprint density at radius 1 is 0.967 bits per heavy atom. The number of hydrogen-bond donors (Lipinski definition) is 2. The Balaban J connectivity index is 1.66. The van der Waals surface area contributed by atoms with Gasteiger partial charge in [-0.05, 0) is 72.3 Å². The van der Waals surface area contributed by atoms with Crippen LogP contribution in [-0.2, 0) is 0 Å². The number of hydrogen-bond acceptors (Lipinski definition) is 6. The van der Waals surface area contributed by atoms with Gasteiger partial charge in [-0.15, -0.1) is 0 Å². The summed E-state index contributed by atoms with van der Waals surface area (Å²) < 4.78 is 10.7. The van der Waals surface area contributed by atoms with Crippen molar-refractivity contribution in [2.75, 3.05) is 7.11 Å². The first-order valence-corrected chi connectivity index (χ1v) is 9.12. The molecule has 0 aliphatic carbocycles. The summed E-state index contributed by atoms with van der Waals surface area (Å²) in [7, 11) is 1.45. The topological polar surface area (TPSA) is 97.2 Å². The molecule has 0 unspecified atom stereocenters. The number of halogens is 1. The van der Waals surface area contributed by atoms with Gasteiger partial charge in [-0.3, -0.25) is 4.79 Å². The fourth-order valence-electron chi connectivity index (χ4n) is 2.44. The van der Waals surface area contributed by atoms with Crippen LogP contribution >= 0.6 is 11.6 Å². The molecule has 152 valence electrons. The van der Waals surface area contributed by atoms with E-state index in [9.17, 15) is 14.7 Å². The van der Waals surface area contributed by atoms with Crippen molar-refractivity contribution in [2.45, 2.75) is 0 Å². The molecule has 1 amide bonds. The number of phenolic OH excluding ortho intramolecular Hbond substituents is 1. The average molecular weight is 425 g/mol. The van der Waals surface area contributed by atoms with E-state index in [1.807, 2.05) is 0 Å². The number of carbonyl (C=O) groups is 2. The molecule has 0 radical (unpaired) electrons. The largest absolute Gasteiger partial charge is 0.508 e. The first-order valence-electron chi connectivity index (χ1n) is 8.74. The molecule has 2 N–H and O–H groups in total. The van der Waals surface area contributed by atoms with Gasteiger partial charge in [-0.2, -0.15) is 5.10 Å². The van der Waals surface area contributed by atoms with Crippen LogP contribution in [-0.4, -0.2) is 30.3 Å². The summed E-state index contributed by atoms with van der Waals surface area (Å²) in [5, 5.41) is 13.7. The lowest BCUT2D eigenvalue weighted by Crippen LogP contribution is -2.17. The molecule has 0 saturated heterocycles. The SMILES string of the molecule is COc1cc(/C=N\NC(=O)c2ccc(O)cc2)ccc1OC(=O)c1ccc(Cl)cc1. The summed E-state index contributed by atoms with van der Waals surface area (Å²) in [6.07, 6.45) is 1.42. The summed E-state index contributed by atoms with van der Waals surface area (Å²) in [4.78, 5) is 24.3. The van der Waals surface area contributed by atoms with E-state index in [4.69, 9.17) is 21.1 Å². The monoisotopic (exact) mass is 424 g/mol. The highest BCUT2D eigenvalue weighted by Crippen LogP contribution is 2.28. The zero-order chi connectivity index (χ0) is 21.5. The average Bonchev–Trinajstić information content (AvgIpc) is 2.75. The van der Waals surface area contributed by atoms with Crippen molar-refractivity contribution in [3.05, 3.63) is 88.4 Å². The Morgan fingerprint density at radius 3 is 2.30 bits per heavy atom. The van der Waals surface area contributed by atoms with Crippen molar-refractivity contribution in [3.8, 4) is 17.2 Å². The van der Waals surface area contributed by atoms with Gasteiger partial charge in [0.05, 0.1) is 18.9 Å². The molecule has 0 spiro atoms. The Labute approximate surface area is 177 Å². The molecule has 3 aromatic rings. The molecule has 3 rings (SSSR count). The summed E-state index contributed by atoms with van der Waals surface area (Å²) in [5.41, 5.74) is 3.71. The Morgan fingerprint density at radius 2 is 1.63 bits per heavy atom. The van der Waals surface area contributed by atoms with E-state index in [1.165, 1.54) is 37.6 Å². The standard InChI is InChI=1S/C22H17ClN2O5/c1-29-20-12-14(13-24-25-21(27)15-5-9-18(26)10-6-15)2-11-19(20)30-22(28)16-3-7-17(23)8-4-16/h2-13,26H,1H3,(H,25,27)/b24-13-. The number of ether oxygens (including phenoxy) is 2. The number of amides is 1. The van der Waals surface area contributed by atoms with Gasteiger partial charge in [-0.1, -0.05) is 11.6 Å². The molecular formula is C22H17ClN2O5. The lowest BCUT2D eigenvalue weighted by molar-refractivity contribution is 0.0729. The van der Waals surface area contributed by atoms with Crippen LogP contribution in [0.15, 0.2) is 71.8 Å². The minimum atomic E-state index is -0.549. The van der Waals surface area contributed by atoms with E-state index in [1.54, 1.807) is 42.5 Å². The van der Waals surface area contributed by atoms with Crippen LogP contribution < -0.4 is 14.9 Å². The highest BCUT2D eigenvalue weighted by molar-refractivity contribution is 6.30. The van der Waals surface area contributed by atoms with Gasteiger partial charge in [0, 0.05) is 10.6 Å². The number of methoxy groups -OCH3 is 1. The van der Waals surface area contributed by atoms with Crippen LogP contribution in [0.25, 0.3) is 0 Å². The number of aromatic hydroxyl groups is 1. The molecule has 0 bridgehead atoms. The second-order valence-electron chi connectivity index (χ2n) is 6.05. The number of esters is 1. The normalized spacial score (nSPS) is 10.6. The van der Waals surface area contributed by atoms with E-state index in [2.05, 4.69) is 10.5 Å². The van der Waals surface area contributed by atoms with Crippen molar-refractivity contribution >= 4 is 29.7 Å². The number of nitrogens with one attached hydrogen (secondary N) is 1. The minimum absolute atomic E-state index is 0.0685. The molecule has 0 heterocycles. The zero-order valence-corrected chi connectivity index (χ0v) is 16.6. The van der Waals surface area contributed by atoms with Crippen LogP contribution in [0.4, 0.5) is 0 Å². The van der Waals surface area contributed by atoms with Crippen molar-refractivity contribution in [2.24, 2.45) is 5.10 Å². The predicted octanol–water partition coefficient (Wildman–Crippen LogP) is 4.04. The quantitative estimate of drug-likeness (QED) is 0.269. The number of rotatable bonds is 6. The first-order chi connectivity index (χ1) is 14.5. The fraction of sp³-hybridized carbons (Fsp3) is 0.0455. The predicted molar refractivity (Wildman–Crippen MR) is 113 cm³/mol. The lowest BCUT2D eigenvalue weighted by atomic mass is 10.2. The highest BCUT2D eigenvalue weighted by atomic mass is 35.5. The van der Waals surface area contributed by atoms with Crippen molar-refractivity contribution < 1.29 is 24.2 Å². The van der Waals surface area contributed by atoms with Crippen molar-refractivity contribution in [3.63, 3.8) is 0 Å². The molecule has 0 aromatic heterocycles. The molecule has 0 aliphatic heterocycles. The van der Waals surface area contributed by atoms with E-state index in [0.717, 1.165) is 0 Å². The molecule has 0 aliphatic rings. The van der Waals surface area contributed by atoms with Crippen LogP contribution in [0, 0.1) is 0 Å². The van der Waals surface area contributed by atoms with Crippen LogP contribution in [0.5, 0.6) is 17.2 Å². The van der Waals surface area contributed by atoms with Crippen LogP contribution in [0.3, 0.4) is 0 Å². The highest BCUT2D eigenvalue weighted by Gasteiger charge is 2.13. The molecule has 0 fully saturated rings. The molecule has 0 saturated carbocycles. The Kier molecular flexibility index (Phi) is 6.67. The molecular weight excluding hydrogens is 408 g/mol. The van der Waals surface area contributed by atoms with Gasteiger partial charge in [-0.25, -0.2) is 10.2 Å². The van der Waals surface area contributed by atoms with Gasteiger partial charge >= 0.3 is 5.97 Å². The van der Waals surface area contributed by atoms with Crippen LogP contribution in [0.1, 0.15) is 26.3 Å². The first kappa shape index (κ1) is 20.9. The maximum absolute atomic E-state index is 12.3. The Hall–Kier alpha value is -3.84. The van der Waals surface area contributed by atoms with E-state index in [-0.39, 0.29) is 11.5 Å². The summed E-state index contributed by atoms with van der Waals surface area (Å²) >= 11 is 5.82. The van der Waals surface area contributed by atoms with Crippen LogP contribution in [0.2, 0.25) is 5.02 Å². The summed E-state index contributed by atoms with van der Waals surface area (Å²) in [6.45, 7) is 0. The lowest BCUT2D eigenvalue weighted by Gasteiger charge is -2.10. The second kappa shape index (κ2) is 9.58. The zero-order valence-electron chi connectivity index (χ0n) is 15.8. The smallest absolute Gasteiger partial charge is 0.343 e. The van der Waals surface area contributed by atoms with Gasteiger partial charge in [0.15, 0.2) is 11.5 Å². The number of nitrogens with zero attached hydrogens (tertiary/aromatic N) is 1. The number of phenols is 1. The molecule has 8 heteroatoms. The van der Waals surface area contributed by atoms with Crippen molar-refractivity contribution in [1.29, 1.82) is 0 Å². The number of hydrazone groups is 1. The maximum Gasteiger partial charge on any atom is 0.343 e. The maximum atomic E-state index is 12.3. The molecule has 0 atom stereocenters. The van der Waals surface area contributed by atoms with Gasteiger partial charge in [0.2, 0.25) is 0 Å². The minimum Gasteiger partial charge on any atom is -0.508 e. The molecule has 30 heavy (non-hydrogen) atoms. The molecule has 7 nitrogen and oxygen atoms in total. The second-order valence-corrected chi connectivity index (χ2v) is 6.49. The van der Waals surface area contributed by atoms with E-state index < -0.39 is 11.9 Å². The van der Waals surface area contributed by atoms with E-state index >= 15 is 0 Å². The van der Waals surface area contributed by atoms with Gasteiger partial charge in [0.1, 0.15) is 5.75 Å². The van der Waals surface area contributed by atoms with E-state index in [0.29, 0.717) is 27.5 Å². The summed E-state index contributed by atoms with van der Waals surface area (Å²) in [6, 6.07) is 16.9. The number of carbonyl (C=O) groups excluding carboxylic acids is 2. The van der Waals surface area contributed by atoms with Gasteiger partial charge < -0.3 is 14.6 Å². The summed E-state index contributed by atoms with van der Waals surface area (Å²) in [5.74, 6) is -0.341. The van der Waals surface area contributed by atoms with Gasteiger partial charge in [0.25, 0.3) is 5.91 Å². The third-order valence-electron chi connectivity index (χ3n) is 3.98. The fourth-order valence-corrected chi connectivity index (χ4v) is 2.56. The number of benzene rings is 3. The van der Waals surface area contributed by atoms with Crippen molar-refractivity contribution in [1.82, 2.24) is 5.43 Å².